The first-order valence-corrected chi connectivity index (χ1v) is 11.0. The van der Waals surface area contributed by atoms with E-state index in [1.54, 1.807) is 24.3 Å². The summed E-state index contributed by atoms with van der Waals surface area (Å²) in [4.78, 5) is 31.4. The fourth-order valence-corrected chi connectivity index (χ4v) is 3.44. The van der Waals surface area contributed by atoms with Crippen LogP contribution in [0.15, 0.2) is 89.4 Å². The highest BCUT2D eigenvalue weighted by molar-refractivity contribution is 6.36. The summed E-state index contributed by atoms with van der Waals surface area (Å²) >= 11 is 11.9. The van der Waals surface area contributed by atoms with Crippen molar-refractivity contribution in [2.45, 2.75) is 0 Å². The van der Waals surface area contributed by atoms with Gasteiger partial charge in [-0.1, -0.05) is 41.4 Å². The molecule has 3 N–H and O–H groups in total. The Balaban J connectivity index is 1.48. The van der Waals surface area contributed by atoms with Gasteiger partial charge < -0.3 is 5.32 Å². The number of amides is 1. The molecule has 1 amide bonds. The van der Waals surface area contributed by atoms with Crippen molar-refractivity contribution in [1.82, 2.24) is 15.4 Å². The third-order valence-electron chi connectivity index (χ3n) is 4.64. The molecule has 0 bridgehead atoms. The van der Waals surface area contributed by atoms with Gasteiger partial charge in [-0.05, 0) is 54.6 Å². The monoisotopic (exact) mass is 522 g/mol. The molecule has 0 aliphatic carbocycles. The van der Waals surface area contributed by atoms with Crippen molar-refractivity contribution in [2.75, 3.05) is 10.7 Å². The largest absolute Gasteiger partial charge is 0.355 e. The van der Waals surface area contributed by atoms with E-state index in [0.717, 1.165) is 6.33 Å². The summed E-state index contributed by atoms with van der Waals surface area (Å²) in [5.74, 6) is -0.960. The molecule has 11 nitrogen and oxygen atoms in total. The molecule has 0 radical (unpaired) electrons. The van der Waals surface area contributed by atoms with Crippen LogP contribution < -0.4 is 16.2 Å². The zero-order valence-electron chi connectivity index (χ0n) is 18.2. The minimum Gasteiger partial charge on any atom is -0.334 e. The molecule has 0 atom stereocenters. The van der Waals surface area contributed by atoms with E-state index in [1.807, 2.05) is 30.3 Å². The quantitative estimate of drug-likeness (QED) is 0.134. The van der Waals surface area contributed by atoms with Gasteiger partial charge in [-0.15, -0.1) is 0 Å². The van der Waals surface area contributed by atoms with E-state index in [0.29, 0.717) is 22.1 Å². The zero-order chi connectivity index (χ0) is 25.5. The first-order valence-electron chi connectivity index (χ1n) is 10.3. The summed E-state index contributed by atoms with van der Waals surface area (Å²) in [6, 6.07) is 20.3. The normalized spacial score (nSPS) is 10.7. The standard InChI is InChI=1S/C23H16Cl2N8O3/c24-14-6-11-18(19(25)12-14)23(34)32-31-22-20(33(35)36)21(26-13-27-22)28-15-7-9-17(10-8-15)30-29-16-4-2-1-3-5-16/h1-13H,(H,32,34)(H2,26,27,28,31). The number of hydrogen-bond acceptors (Lipinski definition) is 9. The fourth-order valence-electron chi connectivity index (χ4n) is 2.95. The molecular formula is C23H16Cl2N8O3. The number of halogens is 2. The lowest BCUT2D eigenvalue weighted by atomic mass is 10.2. The smallest absolute Gasteiger partial charge is 0.334 e. The number of benzene rings is 3. The van der Waals surface area contributed by atoms with Crippen molar-refractivity contribution in [3.63, 3.8) is 0 Å². The van der Waals surface area contributed by atoms with Gasteiger partial charge in [0.15, 0.2) is 0 Å². The van der Waals surface area contributed by atoms with Gasteiger partial charge in [0.1, 0.15) is 6.33 Å². The Morgan fingerprint density at radius 1 is 0.889 bits per heavy atom. The molecule has 1 heterocycles. The SMILES string of the molecule is O=C(NNc1ncnc(Nc2ccc(N=Nc3ccccc3)cc2)c1[N+](=O)[O-])c1ccc(Cl)cc1Cl. The Kier molecular flexibility index (Phi) is 7.63. The van der Waals surface area contributed by atoms with Crippen LogP contribution in [0.25, 0.3) is 0 Å². The number of aromatic nitrogens is 2. The molecule has 0 saturated carbocycles. The van der Waals surface area contributed by atoms with Gasteiger partial charge in [-0.2, -0.15) is 10.2 Å². The Labute approximate surface area is 214 Å². The van der Waals surface area contributed by atoms with Crippen molar-refractivity contribution >= 4 is 63.5 Å². The van der Waals surface area contributed by atoms with Gasteiger partial charge >= 0.3 is 5.69 Å². The summed E-state index contributed by atoms with van der Waals surface area (Å²) in [5.41, 5.74) is 6.24. The van der Waals surface area contributed by atoms with Crippen LogP contribution in [-0.2, 0) is 0 Å². The lowest BCUT2D eigenvalue weighted by molar-refractivity contribution is -0.383. The first kappa shape index (κ1) is 24.5. The number of carbonyl (C=O) groups is 1. The number of anilines is 3. The Hall–Kier alpha value is -4.61. The van der Waals surface area contributed by atoms with Gasteiger partial charge in [-0.3, -0.25) is 25.8 Å². The molecule has 0 fully saturated rings. The van der Waals surface area contributed by atoms with Crippen LogP contribution in [0, 0.1) is 10.1 Å². The summed E-state index contributed by atoms with van der Waals surface area (Å²) in [6.45, 7) is 0. The van der Waals surface area contributed by atoms with E-state index in [1.165, 1.54) is 18.2 Å². The molecule has 0 unspecified atom stereocenters. The molecule has 0 aliphatic rings. The molecule has 180 valence electrons. The highest BCUT2D eigenvalue weighted by atomic mass is 35.5. The van der Waals surface area contributed by atoms with Gasteiger partial charge in [0.2, 0.25) is 11.6 Å². The van der Waals surface area contributed by atoms with E-state index in [4.69, 9.17) is 23.2 Å². The molecular weight excluding hydrogens is 507 g/mol. The van der Waals surface area contributed by atoms with Crippen LogP contribution in [-0.4, -0.2) is 20.8 Å². The van der Waals surface area contributed by atoms with Crippen molar-refractivity contribution < 1.29 is 9.72 Å². The molecule has 13 heteroatoms. The summed E-state index contributed by atoms with van der Waals surface area (Å²) in [5, 5.41) is 23.4. The maximum Gasteiger partial charge on any atom is 0.355 e. The number of carbonyl (C=O) groups excluding carboxylic acids is 1. The topological polar surface area (TPSA) is 147 Å². The molecule has 0 saturated heterocycles. The number of hydrazine groups is 1. The number of nitrogens with zero attached hydrogens (tertiary/aromatic N) is 5. The first-order chi connectivity index (χ1) is 17.4. The van der Waals surface area contributed by atoms with Crippen LogP contribution in [0.2, 0.25) is 10.0 Å². The number of nitro groups is 1. The molecule has 1 aromatic heterocycles. The Bertz CT molecular complexity index is 1430. The number of rotatable bonds is 8. The van der Waals surface area contributed by atoms with E-state index >= 15 is 0 Å². The Morgan fingerprint density at radius 3 is 2.22 bits per heavy atom. The van der Waals surface area contributed by atoms with Crippen LogP contribution in [0.4, 0.5) is 34.4 Å². The number of nitrogens with one attached hydrogen (secondary N) is 3. The van der Waals surface area contributed by atoms with Crippen molar-refractivity contribution in [2.24, 2.45) is 10.2 Å². The zero-order valence-corrected chi connectivity index (χ0v) is 19.7. The lowest BCUT2D eigenvalue weighted by Gasteiger charge is -2.11. The third kappa shape index (κ3) is 6.09. The predicted octanol–water partition coefficient (Wildman–Crippen LogP) is 6.61. The van der Waals surface area contributed by atoms with E-state index < -0.39 is 16.5 Å². The Morgan fingerprint density at radius 2 is 1.56 bits per heavy atom. The highest BCUT2D eigenvalue weighted by Crippen LogP contribution is 2.31. The van der Waals surface area contributed by atoms with Crippen molar-refractivity contribution in [3.8, 4) is 0 Å². The van der Waals surface area contributed by atoms with Crippen LogP contribution in [0.5, 0.6) is 0 Å². The summed E-state index contributed by atoms with van der Waals surface area (Å²) in [7, 11) is 0. The van der Waals surface area contributed by atoms with Gasteiger partial charge in [0.05, 0.1) is 26.9 Å². The average molecular weight is 523 g/mol. The van der Waals surface area contributed by atoms with Gasteiger partial charge in [0.25, 0.3) is 5.91 Å². The molecule has 36 heavy (non-hydrogen) atoms. The predicted molar refractivity (Wildman–Crippen MR) is 137 cm³/mol. The van der Waals surface area contributed by atoms with E-state index in [-0.39, 0.29) is 22.2 Å². The molecule has 3 aromatic carbocycles. The van der Waals surface area contributed by atoms with E-state index in [9.17, 15) is 14.9 Å². The molecule has 4 rings (SSSR count). The van der Waals surface area contributed by atoms with Crippen LogP contribution in [0.1, 0.15) is 10.4 Å². The van der Waals surface area contributed by atoms with Crippen LogP contribution in [0.3, 0.4) is 0 Å². The second-order valence-electron chi connectivity index (χ2n) is 7.09. The van der Waals surface area contributed by atoms with Crippen molar-refractivity contribution in [1.29, 1.82) is 0 Å². The maximum absolute atomic E-state index is 12.4. The highest BCUT2D eigenvalue weighted by Gasteiger charge is 2.24. The molecule has 4 aromatic rings. The minimum atomic E-state index is -0.672. The summed E-state index contributed by atoms with van der Waals surface area (Å²) in [6.07, 6.45) is 1.11. The van der Waals surface area contributed by atoms with E-state index in [2.05, 4.69) is 36.4 Å². The third-order valence-corrected chi connectivity index (χ3v) is 5.19. The minimum absolute atomic E-state index is 0.0880. The number of hydrogen-bond donors (Lipinski definition) is 3. The fraction of sp³-hybridized carbons (Fsp3) is 0. The van der Waals surface area contributed by atoms with Gasteiger partial charge in [-0.25, -0.2) is 9.97 Å². The average Bonchev–Trinajstić information content (AvgIpc) is 2.87. The second-order valence-corrected chi connectivity index (χ2v) is 7.93. The second kappa shape index (κ2) is 11.2. The van der Waals surface area contributed by atoms with Gasteiger partial charge in [0, 0.05) is 10.7 Å². The van der Waals surface area contributed by atoms with Crippen LogP contribution >= 0.6 is 23.2 Å². The summed E-state index contributed by atoms with van der Waals surface area (Å²) < 4.78 is 0. The lowest BCUT2D eigenvalue weighted by Crippen LogP contribution is -2.30. The van der Waals surface area contributed by atoms with Crippen molar-refractivity contribution in [3.05, 3.63) is 105 Å². The molecule has 0 aliphatic heterocycles. The number of azo groups is 1. The molecule has 0 spiro atoms. The maximum atomic E-state index is 12.4.